The standard InChI is InChI=1S/C74H126O6/c1-4-7-10-13-16-19-22-25-28-31-34-35-36-37-38-39-41-43-46-49-52-55-58-61-64-67-73(76)79-70-71(69-78-72(75)66-63-60-57-54-51-48-45-42-33-30-27-24-21-18-15-12-9-6-3)80-74(77)68-65-62-59-56-53-50-47-44-40-32-29-26-23-20-17-14-11-8-5-2/h7,10,16-17,19-21,24-26,28-30,33-35,40,44,71H,4-6,8-9,11-15,18,22-23,27,31-32,36-39,41-43,45-70H2,1-3H3/b10-7-,19-16-,20-17-,24-21-,28-25-,29-26-,33-30-,35-34-,44-40-. The van der Waals surface area contributed by atoms with Crippen molar-refractivity contribution >= 4 is 17.9 Å². The van der Waals surface area contributed by atoms with E-state index >= 15 is 0 Å². The summed E-state index contributed by atoms with van der Waals surface area (Å²) in [7, 11) is 0. The van der Waals surface area contributed by atoms with Crippen LogP contribution in [0.4, 0.5) is 0 Å². The molecule has 0 fully saturated rings. The highest BCUT2D eigenvalue weighted by molar-refractivity contribution is 5.71. The SMILES string of the molecule is CC/C=C\C/C=C\C/C=C\C/C=C\CCCCCCCCCCCCCCC(=O)OCC(COC(=O)CCCCCCCCC/C=C\C/C=C\CCCCCC)OC(=O)CCCCCCCC/C=C\C/C=C\C/C=C\CCCCC. The number of carbonyl (C=O) groups excluding carboxylic acids is 3. The van der Waals surface area contributed by atoms with Crippen molar-refractivity contribution in [1.82, 2.24) is 0 Å². The van der Waals surface area contributed by atoms with Crippen molar-refractivity contribution in [3.63, 3.8) is 0 Å². The van der Waals surface area contributed by atoms with Gasteiger partial charge in [-0.2, -0.15) is 0 Å². The van der Waals surface area contributed by atoms with Gasteiger partial charge in [-0.15, -0.1) is 0 Å². The summed E-state index contributed by atoms with van der Waals surface area (Å²) in [6.45, 7) is 6.50. The van der Waals surface area contributed by atoms with Gasteiger partial charge in [-0.05, 0) is 128 Å². The molecule has 0 spiro atoms. The summed E-state index contributed by atoms with van der Waals surface area (Å²) in [5.74, 6) is -0.898. The molecule has 1 unspecified atom stereocenters. The molecule has 0 rings (SSSR count). The highest BCUT2D eigenvalue weighted by Crippen LogP contribution is 2.16. The van der Waals surface area contributed by atoms with Crippen LogP contribution in [0.2, 0.25) is 0 Å². The zero-order valence-electron chi connectivity index (χ0n) is 52.6. The Bertz CT molecular complexity index is 1610. The minimum absolute atomic E-state index is 0.0869. The van der Waals surface area contributed by atoms with Gasteiger partial charge >= 0.3 is 17.9 Å². The van der Waals surface area contributed by atoms with Crippen molar-refractivity contribution in [3.05, 3.63) is 109 Å². The second-order valence-corrected chi connectivity index (χ2v) is 22.3. The lowest BCUT2D eigenvalue weighted by Gasteiger charge is -2.18. The summed E-state index contributed by atoms with van der Waals surface area (Å²) in [4.78, 5) is 38.4. The molecule has 6 nitrogen and oxygen atoms in total. The van der Waals surface area contributed by atoms with Crippen LogP contribution in [0.25, 0.3) is 0 Å². The average Bonchev–Trinajstić information content (AvgIpc) is 3.46. The first-order valence-corrected chi connectivity index (χ1v) is 33.9. The molecule has 1 atom stereocenters. The molecule has 0 heterocycles. The van der Waals surface area contributed by atoms with Crippen LogP contribution in [0.1, 0.15) is 323 Å². The zero-order chi connectivity index (χ0) is 57.8. The van der Waals surface area contributed by atoms with E-state index in [1.54, 1.807) is 0 Å². The van der Waals surface area contributed by atoms with Crippen LogP contribution in [0.15, 0.2) is 109 Å². The molecular weight excluding hydrogens is 985 g/mol. The predicted molar refractivity (Wildman–Crippen MR) is 348 cm³/mol. The van der Waals surface area contributed by atoms with E-state index in [1.165, 1.54) is 161 Å². The predicted octanol–water partition coefficient (Wildman–Crippen LogP) is 23.4. The fourth-order valence-corrected chi connectivity index (χ4v) is 9.41. The molecule has 0 aliphatic heterocycles. The molecule has 0 saturated heterocycles. The molecule has 458 valence electrons. The van der Waals surface area contributed by atoms with Crippen molar-refractivity contribution in [2.75, 3.05) is 13.2 Å². The normalized spacial score (nSPS) is 12.8. The maximum absolute atomic E-state index is 12.9. The third kappa shape index (κ3) is 64.9. The van der Waals surface area contributed by atoms with Crippen molar-refractivity contribution in [2.24, 2.45) is 0 Å². The van der Waals surface area contributed by atoms with Crippen LogP contribution in [0.5, 0.6) is 0 Å². The molecule has 0 aromatic heterocycles. The van der Waals surface area contributed by atoms with Gasteiger partial charge in [0.25, 0.3) is 0 Å². The highest BCUT2D eigenvalue weighted by Gasteiger charge is 2.19. The number of carbonyl (C=O) groups is 3. The van der Waals surface area contributed by atoms with Crippen LogP contribution in [-0.4, -0.2) is 37.2 Å². The van der Waals surface area contributed by atoms with Gasteiger partial charge in [0.05, 0.1) is 0 Å². The number of allylic oxidation sites excluding steroid dienone is 18. The molecule has 0 aromatic rings. The van der Waals surface area contributed by atoms with Crippen LogP contribution in [0.3, 0.4) is 0 Å². The summed E-state index contributed by atoms with van der Waals surface area (Å²) in [5.41, 5.74) is 0. The van der Waals surface area contributed by atoms with Crippen molar-refractivity contribution in [2.45, 2.75) is 329 Å². The Morgan fingerprint density at radius 3 is 0.787 bits per heavy atom. The minimum Gasteiger partial charge on any atom is -0.462 e. The van der Waals surface area contributed by atoms with Crippen LogP contribution in [0, 0.1) is 0 Å². The monoisotopic (exact) mass is 1110 g/mol. The zero-order valence-corrected chi connectivity index (χ0v) is 52.6. The summed E-state index contributed by atoms with van der Waals surface area (Å²) in [6, 6.07) is 0. The number of ether oxygens (including phenoxy) is 3. The number of rotatable bonds is 61. The smallest absolute Gasteiger partial charge is 0.306 e. The van der Waals surface area contributed by atoms with Gasteiger partial charge in [-0.3, -0.25) is 14.4 Å². The highest BCUT2D eigenvalue weighted by atomic mass is 16.6. The van der Waals surface area contributed by atoms with E-state index in [9.17, 15) is 14.4 Å². The average molecular weight is 1110 g/mol. The Morgan fingerprint density at radius 2 is 0.487 bits per heavy atom. The summed E-state index contributed by atoms with van der Waals surface area (Å²) in [6.07, 6.45) is 92.3. The second-order valence-electron chi connectivity index (χ2n) is 22.3. The van der Waals surface area contributed by atoms with Gasteiger partial charge < -0.3 is 14.2 Å². The fraction of sp³-hybridized carbons (Fsp3) is 0.716. The maximum Gasteiger partial charge on any atom is 0.306 e. The quantitative estimate of drug-likeness (QED) is 0.0261. The van der Waals surface area contributed by atoms with E-state index in [-0.39, 0.29) is 31.1 Å². The third-order valence-electron chi connectivity index (χ3n) is 14.5. The second kappa shape index (κ2) is 67.6. The molecule has 6 heteroatoms. The van der Waals surface area contributed by atoms with Crippen molar-refractivity contribution in [1.29, 1.82) is 0 Å². The fourth-order valence-electron chi connectivity index (χ4n) is 9.41. The molecule has 0 aliphatic carbocycles. The summed E-state index contributed by atoms with van der Waals surface area (Å²) < 4.78 is 17.0. The largest absolute Gasteiger partial charge is 0.462 e. The lowest BCUT2D eigenvalue weighted by atomic mass is 10.0. The van der Waals surface area contributed by atoms with Crippen LogP contribution >= 0.6 is 0 Å². The summed E-state index contributed by atoms with van der Waals surface area (Å²) in [5, 5.41) is 0. The van der Waals surface area contributed by atoms with Gasteiger partial charge in [0, 0.05) is 19.3 Å². The third-order valence-corrected chi connectivity index (χ3v) is 14.5. The van der Waals surface area contributed by atoms with Gasteiger partial charge in [0.15, 0.2) is 6.10 Å². The molecule has 0 amide bonds. The first-order valence-electron chi connectivity index (χ1n) is 33.9. The topological polar surface area (TPSA) is 78.9 Å². The van der Waals surface area contributed by atoms with E-state index in [2.05, 4.69) is 130 Å². The molecule has 0 saturated carbocycles. The Kier molecular flexibility index (Phi) is 64.3. The van der Waals surface area contributed by atoms with E-state index in [0.717, 1.165) is 122 Å². The first kappa shape index (κ1) is 76.1. The molecule has 80 heavy (non-hydrogen) atoms. The van der Waals surface area contributed by atoms with Gasteiger partial charge in [-0.25, -0.2) is 0 Å². The Morgan fingerprint density at radius 1 is 0.263 bits per heavy atom. The molecule has 0 aromatic carbocycles. The van der Waals surface area contributed by atoms with E-state index < -0.39 is 6.10 Å². The Hall–Kier alpha value is -3.93. The van der Waals surface area contributed by atoms with Crippen molar-refractivity contribution < 1.29 is 28.6 Å². The van der Waals surface area contributed by atoms with Crippen molar-refractivity contribution in [3.8, 4) is 0 Å². The van der Waals surface area contributed by atoms with Gasteiger partial charge in [0.1, 0.15) is 13.2 Å². The number of unbranched alkanes of at least 4 members (excludes halogenated alkanes) is 32. The molecule has 0 bridgehead atoms. The molecule has 0 N–H and O–H groups in total. The maximum atomic E-state index is 12.9. The number of esters is 3. The lowest BCUT2D eigenvalue weighted by Crippen LogP contribution is -2.30. The Labute approximate surface area is 495 Å². The number of hydrogen-bond donors (Lipinski definition) is 0. The van der Waals surface area contributed by atoms with E-state index in [4.69, 9.17) is 14.2 Å². The van der Waals surface area contributed by atoms with E-state index in [1.807, 2.05) is 0 Å². The Balaban J connectivity index is 4.39. The number of hydrogen-bond acceptors (Lipinski definition) is 6. The summed E-state index contributed by atoms with van der Waals surface area (Å²) >= 11 is 0. The molecule has 0 aliphatic rings. The van der Waals surface area contributed by atoms with Gasteiger partial charge in [0.2, 0.25) is 0 Å². The van der Waals surface area contributed by atoms with Gasteiger partial charge in [-0.1, -0.05) is 284 Å². The van der Waals surface area contributed by atoms with E-state index in [0.29, 0.717) is 19.3 Å². The molecular formula is C74H126O6. The molecule has 0 radical (unpaired) electrons. The minimum atomic E-state index is -0.793. The van der Waals surface area contributed by atoms with Crippen LogP contribution < -0.4 is 0 Å². The lowest BCUT2D eigenvalue weighted by molar-refractivity contribution is -0.167. The van der Waals surface area contributed by atoms with Crippen LogP contribution in [-0.2, 0) is 28.6 Å². The first-order chi connectivity index (χ1) is 39.5.